The number of rotatable bonds is 8. The molecule has 8 heteroatoms. The fourth-order valence-electron chi connectivity index (χ4n) is 3.25. The lowest BCUT2D eigenvalue weighted by Gasteiger charge is -2.26. The summed E-state index contributed by atoms with van der Waals surface area (Å²) in [5.74, 6) is 0.810. The van der Waals surface area contributed by atoms with Crippen molar-refractivity contribution < 1.29 is 17.9 Å². The SMILES string of the molecule is CCOc1ccc2cc(CCN(C(=O)NN(C)c3ccccc3)S(C)(=O)=O)ccc2c1. The summed E-state index contributed by atoms with van der Waals surface area (Å²) < 4.78 is 30.9. The molecule has 0 saturated heterocycles. The lowest BCUT2D eigenvalue weighted by molar-refractivity contribution is 0.223. The Morgan fingerprint density at radius 1 is 1.00 bits per heavy atom. The Labute approximate surface area is 183 Å². The molecule has 0 aromatic heterocycles. The van der Waals surface area contributed by atoms with Gasteiger partial charge in [0, 0.05) is 13.6 Å². The van der Waals surface area contributed by atoms with E-state index in [1.165, 1.54) is 5.01 Å². The largest absolute Gasteiger partial charge is 0.494 e. The second-order valence-electron chi connectivity index (χ2n) is 7.17. The lowest BCUT2D eigenvalue weighted by atomic mass is 10.0. The van der Waals surface area contributed by atoms with Crippen LogP contribution in [0, 0.1) is 0 Å². The van der Waals surface area contributed by atoms with Crippen LogP contribution < -0.4 is 15.2 Å². The van der Waals surface area contributed by atoms with Gasteiger partial charge in [0.05, 0.1) is 18.6 Å². The zero-order valence-electron chi connectivity index (χ0n) is 17.9. The van der Waals surface area contributed by atoms with E-state index >= 15 is 0 Å². The zero-order chi connectivity index (χ0) is 22.4. The van der Waals surface area contributed by atoms with Crippen LogP contribution in [0.2, 0.25) is 0 Å². The average Bonchev–Trinajstić information content (AvgIpc) is 2.73. The molecular formula is C23H27N3O4S. The van der Waals surface area contributed by atoms with E-state index in [9.17, 15) is 13.2 Å². The second-order valence-corrected chi connectivity index (χ2v) is 9.08. The number of benzene rings is 3. The van der Waals surface area contributed by atoms with Gasteiger partial charge in [0.25, 0.3) is 0 Å². The van der Waals surface area contributed by atoms with Crippen molar-refractivity contribution in [1.29, 1.82) is 0 Å². The number of nitrogens with zero attached hydrogens (tertiary/aromatic N) is 2. The first-order valence-corrected chi connectivity index (χ1v) is 11.9. The van der Waals surface area contributed by atoms with E-state index in [0.717, 1.165) is 38.3 Å². The monoisotopic (exact) mass is 441 g/mol. The van der Waals surface area contributed by atoms with E-state index in [1.807, 2.05) is 73.7 Å². The van der Waals surface area contributed by atoms with Crippen LogP contribution in [0.3, 0.4) is 0 Å². The third kappa shape index (κ3) is 5.88. The number of hydrazine groups is 1. The third-order valence-electron chi connectivity index (χ3n) is 4.82. The summed E-state index contributed by atoms with van der Waals surface area (Å²) in [7, 11) is -2.08. The highest BCUT2D eigenvalue weighted by Gasteiger charge is 2.24. The van der Waals surface area contributed by atoms with Crippen molar-refractivity contribution in [2.75, 3.05) is 31.5 Å². The number of carbonyl (C=O) groups is 1. The van der Waals surface area contributed by atoms with Crippen LogP contribution in [0.4, 0.5) is 10.5 Å². The van der Waals surface area contributed by atoms with Gasteiger partial charge in [-0.15, -0.1) is 0 Å². The average molecular weight is 442 g/mol. The molecule has 0 unspecified atom stereocenters. The van der Waals surface area contributed by atoms with Crippen LogP contribution >= 0.6 is 0 Å². The van der Waals surface area contributed by atoms with Crippen LogP contribution in [0.5, 0.6) is 5.75 Å². The van der Waals surface area contributed by atoms with E-state index in [4.69, 9.17) is 4.74 Å². The van der Waals surface area contributed by atoms with Crippen LogP contribution in [0.15, 0.2) is 66.7 Å². The van der Waals surface area contributed by atoms with Crippen molar-refractivity contribution in [3.63, 3.8) is 0 Å². The van der Waals surface area contributed by atoms with Crippen molar-refractivity contribution in [3.8, 4) is 5.75 Å². The molecule has 31 heavy (non-hydrogen) atoms. The molecule has 0 bridgehead atoms. The fraction of sp³-hybridized carbons (Fsp3) is 0.261. The maximum Gasteiger partial charge on any atom is 0.349 e. The minimum absolute atomic E-state index is 0.0375. The quantitative estimate of drug-likeness (QED) is 0.538. The smallest absolute Gasteiger partial charge is 0.349 e. The fourth-order valence-corrected chi connectivity index (χ4v) is 4.01. The molecule has 0 spiro atoms. The molecule has 3 aromatic carbocycles. The van der Waals surface area contributed by atoms with Gasteiger partial charge >= 0.3 is 6.03 Å². The minimum Gasteiger partial charge on any atom is -0.494 e. The highest BCUT2D eigenvalue weighted by molar-refractivity contribution is 7.88. The first kappa shape index (κ1) is 22.4. The first-order chi connectivity index (χ1) is 14.8. The second kappa shape index (κ2) is 9.70. The molecule has 0 aliphatic carbocycles. The van der Waals surface area contributed by atoms with Gasteiger partial charge in [-0.05, 0) is 53.9 Å². The maximum absolute atomic E-state index is 12.7. The molecule has 1 N–H and O–H groups in total. The Hall–Kier alpha value is -3.26. The Kier molecular flexibility index (Phi) is 7.02. The van der Waals surface area contributed by atoms with E-state index in [0.29, 0.717) is 13.0 Å². The first-order valence-electron chi connectivity index (χ1n) is 10.0. The Balaban J connectivity index is 1.71. The minimum atomic E-state index is -3.74. The zero-order valence-corrected chi connectivity index (χ0v) is 18.7. The molecule has 0 heterocycles. The van der Waals surface area contributed by atoms with E-state index in [-0.39, 0.29) is 6.54 Å². The molecule has 3 aromatic rings. The number of hydrogen-bond donors (Lipinski definition) is 1. The van der Waals surface area contributed by atoms with E-state index < -0.39 is 16.1 Å². The number of ether oxygens (including phenoxy) is 1. The highest BCUT2D eigenvalue weighted by Crippen LogP contribution is 2.22. The molecular weight excluding hydrogens is 414 g/mol. The summed E-state index contributed by atoms with van der Waals surface area (Å²) in [4.78, 5) is 12.7. The number of anilines is 1. The number of nitrogens with one attached hydrogen (secondary N) is 1. The number of carbonyl (C=O) groups excluding carboxylic acids is 1. The summed E-state index contributed by atoms with van der Waals surface area (Å²) in [6.07, 6.45) is 1.43. The standard InChI is InChI=1S/C23H27N3O4S/c1-4-30-22-13-12-19-16-18(10-11-20(19)17-22)14-15-26(31(3,28)29)23(27)24-25(2)21-8-6-5-7-9-21/h5-13,16-17H,4,14-15H2,1-3H3,(H,24,27). The lowest BCUT2D eigenvalue weighted by Crippen LogP contribution is -2.50. The summed E-state index contributed by atoms with van der Waals surface area (Å²) >= 11 is 0. The Morgan fingerprint density at radius 2 is 1.68 bits per heavy atom. The molecule has 0 atom stereocenters. The Bertz CT molecular complexity index is 1150. The summed E-state index contributed by atoms with van der Waals surface area (Å²) in [6, 6.07) is 20.2. The molecule has 0 aliphatic heterocycles. The molecule has 7 nitrogen and oxygen atoms in total. The molecule has 0 radical (unpaired) electrons. The number of sulfonamides is 1. The van der Waals surface area contributed by atoms with Gasteiger partial charge in [-0.3, -0.25) is 5.01 Å². The number of fused-ring (bicyclic) bond motifs is 1. The number of hydrogen-bond acceptors (Lipinski definition) is 5. The predicted molar refractivity (Wildman–Crippen MR) is 124 cm³/mol. The van der Waals surface area contributed by atoms with Crippen molar-refractivity contribution in [2.45, 2.75) is 13.3 Å². The Morgan fingerprint density at radius 3 is 2.35 bits per heavy atom. The maximum atomic E-state index is 12.7. The number of para-hydroxylation sites is 1. The third-order valence-corrected chi connectivity index (χ3v) is 5.97. The van der Waals surface area contributed by atoms with Crippen molar-refractivity contribution >= 4 is 32.5 Å². The highest BCUT2D eigenvalue weighted by atomic mass is 32.2. The van der Waals surface area contributed by atoms with Crippen LogP contribution in [0.25, 0.3) is 10.8 Å². The molecule has 2 amide bonds. The van der Waals surface area contributed by atoms with Crippen molar-refractivity contribution in [3.05, 3.63) is 72.3 Å². The number of amides is 2. The van der Waals surface area contributed by atoms with E-state index in [2.05, 4.69) is 5.43 Å². The molecule has 0 saturated carbocycles. The van der Waals surface area contributed by atoms with Gasteiger partial charge in [-0.2, -0.15) is 0 Å². The summed E-state index contributed by atoms with van der Waals surface area (Å²) in [5, 5.41) is 3.56. The predicted octanol–water partition coefficient (Wildman–Crippen LogP) is 3.80. The summed E-state index contributed by atoms with van der Waals surface area (Å²) in [6.45, 7) is 2.58. The van der Waals surface area contributed by atoms with Gasteiger partial charge in [0.1, 0.15) is 5.75 Å². The van der Waals surface area contributed by atoms with Gasteiger partial charge in [-0.25, -0.2) is 22.9 Å². The van der Waals surface area contributed by atoms with Gasteiger partial charge in [-0.1, -0.05) is 42.5 Å². The molecule has 0 aliphatic rings. The normalized spacial score (nSPS) is 11.2. The topological polar surface area (TPSA) is 79.0 Å². The van der Waals surface area contributed by atoms with Crippen molar-refractivity contribution in [2.24, 2.45) is 0 Å². The van der Waals surface area contributed by atoms with Crippen molar-refractivity contribution in [1.82, 2.24) is 9.73 Å². The van der Waals surface area contributed by atoms with Crippen LogP contribution in [-0.2, 0) is 16.4 Å². The molecule has 3 rings (SSSR count). The van der Waals surface area contributed by atoms with Gasteiger partial charge < -0.3 is 4.74 Å². The van der Waals surface area contributed by atoms with E-state index in [1.54, 1.807) is 7.05 Å². The van der Waals surface area contributed by atoms with Crippen LogP contribution in [0.1, 0.15) is 12.5 Å². The molecule has 0 fully saturated rings. The van der Waals surface area contributed by atoms with Gasteiger partial charge in [0.15, 0.2) is 0 Å². The van der Waals surface area contributed by atoms with Crippen LogP contribution in [-0.4, -0.2) is 45.2 Å². The number of urea groups is 1. The van der Waals surface area contributed by atoms with Gasteiger partial charge in [0.2, 0.25) is 10.0 Å². The summed E-state index contributed by atoms with van der Waals surface area (Å²) in [5.41, 5.74) is 4.29. The molecule has 164 valence electrons.